The molecular formula is C12H9Cl2FN4O. The number of anilines is 1. The van der Waals surface area contributed by atoms with Gasteiger partial charge in [-0.3, -0.25) is 4.79 Å². The fourth-order valence-electron chi connectivity index (χ4n) is 2.20. The Morgan fingerprint density at radius 3 is 2.60 bits per heavy atom. The Morgan fingerprint density at radius 1 is 1.20 bits per heavy atom. The summed E-state index contributed by atoms with van der Waals surface area (Å²) in [5.74, 6) is -0.0311. The van der Waals surface area contributed by atoms with E-state index in [0.29, 0.717) is 37.1 Å². The summed E-state index contributed by atoms with van der Waals surface area (Å²) in [5.41, 5.74) is 0.0388. The molecular weight excluding hydrogens is 306 g/mol. The molecule has 2 aromatic rings. The minimum atomic E-state index is -0.720. The van der Waals surface area contributed by atoms with Crippen LogP contribution >= 0.6 is 23.2 Å². The molecule has 0 spiro atoms. The maximum absolute atomic E-state index is 14.0. The number of halogens is 3. The van der Waals surface area contributed by atoms with Gasteiger partial charge in [0.2, 0.25) is 5.28 Å². The molecule has 1 aliphatic heterocycles. The lowest BCUT2D eigenvalue weighted by Crippen LogP contribution is -2.34. The molecule has 8 heteroatoms. The third-order valence-electron chi connectivity index (χ3n) is 3.21. The summed E-state index contributed by atoms with van der Waals surface area (Å²) < 4.78 is 14.0. The molecule has 1 saturated heterocycles. The molecule has 0 bridgehead atoms. The number of ketones is 1. The molecule has 3 rings (SSSR count). The smallest absolute Gasteiger partial charge is 0.225 e. The Bertz CT molecular complexity index is 699. The average Bonchev–Trinajstić information content (AvgIpc) is 2.43. The SMILES string of the molecule is O=C1CCN(c2nc(Cl)nc3c(F)c(Cl)ncc23)CC1. The Morgan fingerprint density at radius 2 is 1.90 bits per heavy atom. The summed E-state index contributed by atoms with van der Waals surface area (Å²) in [5, 5.41) is 0.114. The second kappa shape index (κ2) is 5.10. The average molecular weight is 315 g/mol. The van der Waals surface area contributed by atoms with E-state index < -0.39 is 5.82 Å². The van der Waals surface area contributed by atoms with Gasteiger partial charge < -0.3 is 4.90 Å². The maximum Gasteiger partial charge on any atom is 0.225 e. The molecule has 0 unspecified atom stereocenters. The van der Waals surface area contributed by atoms with Crippen molar-refractivity contribution in [2.24, 2.45) is 0 Å². The van der Waals surface area contributed by atoms with Crippen LogP contribution in [0.5, 0.6) is 0 Å². The Kier molecular flexibility index (Phi) is 3.43. The summed E-state index contributed by atoms with van der Waals surface area (Å²) in [4.78, 5) is 25.0. The first kappa shape index (κ1) is 13.5. The van der Waals surface area contributed by atoms with Gasteiger partial charge >= 0.3 is 0 Å². The largest absolute Gasteiger partial charge is 0.355 e. The van der Waals surface area contributed by atoms with Gasteiger partial charge in [-0.25, -0.2) is 14.4 Å². The molecule has 2 aromatic heterocycles. The standard InChI is InChI=1S/C12H9Cl2FN4O/c13-10-8(15)9-7(5-16-10)11(18-12(14)17-9)19-3-1-6(20)2-4-19/h5H,1-4H2. The van der Waals surface area contributed by atoms with Crippen LogP contribution in [0.4, 0.5) is 10.2 Å². The Balaban J connectivity index is 2.15. The van der Waals surface area contributed by atoms with E-state index in [0.717, 1.165) is 0 Å². The van der Waals surface area contributed by atoms with Crippen LogP contribution in [0, 0.1) is 5.82 Å². The van der Waals surface area contributed by atoms with Gasteiger partial charge in [0.25, 0.3) is 0 Å². The fourth-order valence-corrected chi connectivity index (χ4v) is 2.50. The predicted octanol–water partition coefficient (Wildman–Crippen LogP) is 2.64. The Hall–Kier alpha value is -1.53. The monoisotopic (exact) mass is 314 g/mol. The molecule has 0 N–H and O–H groups in total. The van der Waals surface area contributed by atoms with Crippen molar-refractivity contribution in [1.29, 1.82) is 0 Å². The van der Waals surface area contributed by atoms with Crippen LogP contribution in [0.15, 0.2) is 6.20 Å². The van der Waals surface area contributed by atoms with E-state index in [1.54, 1.807) is 0 Å². The number of carbonyl (C=O) groups is 1. The first-order chi connectivity index (χ1) is 9.56. The number of carbonyl (C=O) groups excluding carboxylic acids is 1. The van der Waals surface area contributed by atoms with Crippen LogP contribution in [0.3, 0.4) is 0 Å². The highest BCUT2D eigenvalue weighted by molar-refractivity contribution is 6.30. The third-order valence-corrected chi connectivity index (χ3v) is 3.65. The first-order valence-electron chi connectivity index (χ1n) is 6.00. The molecule has 3 heterocycles. The summed E-state index contributed by atoms with van der Waals surface area (Å²) >= 11 is 11.5. The van der Waals surface area contributed by atoms with Gasteiger partial charge in [-0.15, -0.1) is 0 Å². The maximum atomic E-state index is 14.0. The number of nitrogens with zero attached hydrogens (tertiary/aromatic N) is 4. The Labute approximate surface area is 123 Å². The third kappa shape index (κ3) is 2.29. The van der Waals surface area contributed by atoms with Gasteiger partial charge in [0, 0.05) is 32.1 Å². The molecule has 0 amide bonds. The van der Waals surface area contributed by atoms with Crippen molar-refractivity contribution >= 4 is 45.7 Å². The summed E-state index contributed by atoms with van der Waals surface area (Å²) in [6.45, 7) is 1.04. The molecule has 0 saturated carbocycles. The van der Waals surface area contributed by atoms with Crippen molar-refractivity contribution in [3.05, 3.63) is 22.5 Å². The van der Waals surface area contributed by atoms with Crippen LogP contribution in [0.2, 0.25) is 10.4 Å². The van der Waals surface area contributed by atoms with Crippen molar-refractivity contribution in [3.63, 3.8) is 0 Å². The van der Waals surface area contributed by atoms with Crippen molar-refractivity contribution in [2.75, 3.05) is 18.0 Å². The van der Waals surface area contributed by atoms with E-state index >= 15 is 0 Å². The van der Waals surface area contributed by atoms with E-state index in [1.807, 2.05) is 4.90 Å². The van der Waals surface area contributed by atoms with E-state index in [2.05, 4.69) is 15.0 Å². The molecule has 20 heavy (non-hydrogen) atoms. The second-order valence-corrected chi connectivity index (χ2v) is 5.16. The second-order valence-electron chi connectivity index (χ2n) is 4.47. The molecule has 0 aromatic carbocycles. The highest BCUT2D eigenvalue weighted by Crippen LogP contribution is 2.30. The van der Waals surface area contributed by atoms with Crippen LogP contribution < -0.4 is 4.90 Å². The topological polar surface area (TPSA) is 59.0 Å². The first-order valence-corrected chi connectivity index (χ1v) is 6.76. The van der Waals surface area contributed by atoms with Crippen LogP contribution in [0.25, 0.3) is 10.9 Å². The lowest BCUT2D eigenvalue weighted by Gasteiger charge is -2.27. The number of piperidine rings is 1. The van der Waals surface area contributed by atoms with Crippen molar-refractivity contribution in [2.45, 2.75) is 12.8 Å². The number of fused-ring (bicyclic) bond motifs is 1. The molecule has 5 nitrogen and oxygen atoms in total. The number of Topliss-reactive ketones (excluding diaryl/α,β-unsaturated/α-hetero) is 1. The number of hydrogen-bond acceptors (Lipinski definition) is 5. The van der Waals surface area contributed by atoms with Crippen LogP contribution in [-0.2, 0) is 4.79 Å². The zero-order valence-corrected chi connectivity index (χ0v) is 11.7. The zero-order valence-electron chi connectivity index (χ0n) is 10.2. The molecule has 104 valence electrons. The molecule has 0 radical (unpaired) electrons. The van der Waals surface area contributed by atoms with Crippen LogP contribution in [-0.4, -0.2) is 33.8 Å². The lowest BCUT2D eigenvalue weighted by atomic mass is 10.1. The van der Waals surface area contributed by atoms with E-state index in [9.17, 15) is 9.18 Å². The quantitative estimate of drug-likeness (QED) is 0.598. The van der Waals surface area contributed by atoms with Gasteiger partial charge in [-0.1, -0.05) is 11.6 Å². The van der Waals surface area contributed by atoms with Crippen LogP contribution in [0.1, 0.15) is 12.8 Å². The van der Waals surface area contributed by atoms with E-state index in [4.69, 9.17) is 23.2 Å². The molecule has 1 fully saturated rings. The minimum Gasteiger partial charge on any atom is -0.355 e. The summed E-state index contributed by atoms with van der Waals surface area (Å²) in [6, 6.07) is 0. The van der Waals surface area contributed by atoms with Gasteiger partial charge in [0.15, 0.2) is 11.0 Å². The number of rotatable bonds is 1. The number of hydrogen-bond donors (Lipinski definition) is 0. The van der Waals surface area contributed by atoms with E-state index in [1.165, 1.54) is 6.20 Å². The normalized spacial score (nSPS) is 15.9. The summed E-state index contributed by atoms with van der Waals surface area (Å²) in [7, 11) is 0. The van der Waals surface area contributed by atoms with Gasteiger partial charge in [0.05, 0.1) is 5.39 Å². The van der Waals surface area contributed by atoms with Crippen molar-refractivity contribution in [1.82, 2.24) is 15.0 Å². The van der Waals surface area contributed by atoms with Crippen molar-refractivity contribution < 1.29 is 9.18 Å². The predicted molar refractivity (Wildman–Crippen MR) is 73.8 cm³/mol. The fraction of sp³-hybridized carbons (Fsp3) is 0.333. The molecule has 0 aliphatic carbocycles. The van der Waals surface area contributed by atoms with Gasteiger partial charge in [-0.05, 0) is 11.6 Å². The van der Waals surface area contributed by atoms with Gasteiger partial charge in [0.1, 0.15) is 17.1 Å². The van der Waals surface area contributed by atoms with Crippen molar-refractivity contribution in [3.8, 4) is 0 Å². The highest BCUT2D eigenvalue weighted by Gasteiger charge is 2.22. The molecule has 0 atom stereocenters. The minimum absolute atomic E-state index is 0.0388. The lowest BCUT2D eigenvalue weighted by molar-refractivity contribution is -0.119. The van der Waals surface area contributed by atoms with E-state index in [-0.39, 0.29) is 21.7 Å². The molecule has 1 aliphatic rings. The summed E-state index contributed by atoms with van der Waals surface area (Å²) in [6.07, 6.45) is 2.29. The zero-order chi connectivity index (χ0) is 14.3. The highest BCUT2D eigenvalue weighted by atomic mass is 35.5. The number of pyridine rings is 1. The number of aromatic nitrogens is 3. The van der Waals surface area contributed by atoms with Gasteiger partial charge in [-0.2, -0.15) is 4.98 Å².